The van der Waals surface area contributed by atoms with Gasteiger partial charge in [-0.2, -0.15) is 0 Å². The highest BCUT2D eigenvalue weighted by Crippen LogP contribution is 2.32. The minimum absolute atomic E-state index is 0.194. The maximum atomic E-state index is 12.3. The molecular weight excluding hydrogens is 394 g/mol. The number of rotatable bonds is 4. The zero-order chi connectivity index (χ0) is 22.0. The largest absolute Gasteiger partial charge is 0.444 e. The Hall–Kier alpha value is -2.28. The quantitative estimate of drug-likeness (QED) is 0.710. The van der Waals surface area contributed by atoms with Crippen LogP contribution in [0.1, 0.15) is 51.3 Å². The fourth-order valence-corrected chi connectivity index (χ4v) is 4.57. The molecule has 7 heteroatoms. The van der Waals surface area contributed by atoms with E-state index in [9.17, 15) is 4.79 Å². The smallest absolute Gasteiger partial charge is 0.410 e. The predicted molar refractivity (Wildman–Crippen MR) is 121 cm³/mol. The number of amides is 1. The monoisotopic (exact) mass is 429 g/mol. The number of carbonyl (C=O) groups is 1. The Balaban J connectivity index is 1.34. The number of piperidine rings is 1. The molecule has 0 bridgehead atoms. The van der Waals surface area contributed by atoms with Gasteiger partial charge in [0.15, 0.2) is 5.58 Å². The lowest BCUT2D eigenvalue weighted by Crippen LogP contribution is -2.41. The number of aromatic nitrogens is 1. The van der Waals surface area contributed by atoms with Crippen molar-refractivity contribution >= 4 is 22.7 Å². The van der Waals surface area contributed by atoms with Gasteiger partial charge in [0.25, 0.3) is 0 Å². The average Bonchev–Trinajstić information content (AvgIpc) is 3.16. The van der Waals surface area contributed by atoms with Crippen molar-refractivity contribution in [3.05, 3.63) is 23.4 Å². The van der Waals surface area contributed by atoms with Crippen LogP contribution in [0.2, 0.25) is 0 Å². The van der Waals surface area contributed by atoms with Crippen LogP contribution in [0.25, 0.3) is 11.0 Å². The summed E-state index contributed by atoms with van der Waals surface area (Å²) in [7, 11) is 0. The zero-order valence-electron chi connectivity index (χ0n) is 19.3. The van der Waals surface area contributed by atoms with Crippen LogP contribution < -0.4 is 4.90 Å². The number of hydrogen-bond donors (Lipinski definition) is 0. The second-order valence-electron chi connectivity index (χ2n) is 9.76. The van der Waals surface area contributed by atoms with E-state index < -0.39 is 5.60 Å². The second-order valence-corrected chi connectivity index (χ2v) is 9.76. The van der Waals surface area contributed by atoms with Gasteiger partial charge in [-0.05, 0) is 71.4 Å². The van der Waals surface area contributed by atoms with Crippen molar-refractivity contribution in [1.82, 2.24) is 10.1 Å². The molecule has 2 saturated heterocycles. The molecule has 2 aromatic rings. The van der Waals surface area contributed by atoms with Gasteiger partial charge in [0.1, 0.15) is 5.60 Å². The van der Waals surface area contributed by atoms with Crippen LogP contribution in [0.5, 0.6) is 0 Å². The Kier molecular flexibility index (Phi) is 6.42. The number of aryl methyl sites for hydroxylation is 2. The zero-order valence-corrected chi connectivity index (χ0v) is 19.3. The molecule has 1 aromatic heterocycles. The van der Waals surface area contributed by atoms with Crippen LogP contribution in [-0.2, 0) is 15.9 Å². The number of hydrogen-bond acceptors (Lipinski definition) is 6. The molecule has 1 aromatic carbocycles. The van der Waals surface area contributed by atoms with Crippen LogP contribution in [0.4, 0.5) is 10.5 Å². The van der Waals surface area contributed by atoms with Crippen LogP contribution in [0.15, 0.2) is 16.7 Å². The lowest BCUT2D eigenvalue weighted by atomic mass is 9.91. The van der Waals surface area contributed by atoms with Gasteiger partial charge in [0, 0.05) is 42.8 Å². The molecule has 0 spiro atoms. The predicted octanol–water partition coefficient (Wildman–Crippen LogP) is 4.55. The molecule has 2 aliphatic heterocycles. The highest BCUT2D eigenvalue weighted by atomic mass is 16.6. The molecule has 2 fully saturated rings. The number of likely N-dealkylation sites (tertiary alicyclic amines) is 1. The Bertz CT molecular complexity index is 903. The van der Waals surface area contributed by atoms with E-state index in [1.807, 2.05) is 25.7 Å². The SMILES string of the molecule is Cc1c(N2CCOCC2)ccc2c(CCC3CCN(C(=O)OC(C)(C)C)CC3)noc12. The molecule has 3 heterocycles. The first kappa shape index (κ1) is 21.9. The third kappa shape index (κ3) is 5.14. The number of carbonyl (C=O) groups excluding carboxylic acids is 1. The molecule has 0 atom stereocenters. The van der Waals surface area contributed by atoms with Gasteiger partial charge >= 0.3 is 6.09 Å². The third-order valence-corrected chi connectivity index (χ3v) is 6.34. The first-order valence-electron chi connectivity index (χ1n) is 11.5. The molecule has 31 heavy (non-hydrogen) atoms. The molecule has 0 saturated carbocycles. The molecule has 2 aliphatic rings. The van der Waals surface area contributed by atoms with E-state index in [0.29, 0.717) is 5.92 Å². The van der Waals surface area contributed by atoms with E-state index in [1.54, 1.807) is 0 Å². The third-order valence-electron chi connectivity index (χ3n) is 6.34. The van der Waals surface area contributed by atoms with Crippen LogP contribution in [0.3, 0.4) is 0 Å². The van der Waals surface area contributed by atoms with Gasteiger partial charge in [-0.3, -0.25) is 0 Å². The molecule has 170 valence electrons. The highest BCUT2D eigenvalue weighted by molar-refractivity contribution is 5.87. The maximum absolute atomic E-state index is 12.3. The van der Waals surface area contributed by atoms with Crippen molar-refractivity contribution in [1.29, 1.82) is 0 Å². The van der Waals surface area contributed by atoms with Crippen LogP contribution in [0, 0.1) is 12.8 Å². The van der Waals surface area contributed by atoms with Crippen molar-refractivity contribution in [2.45, 2.75) is 59.0 Å². The van der Waals surface area contributed by atoms with Gasteiger partial charge in [-0.15, -0.1) is 0 Å². The minimum atomic E-state index is -0.443. The van der Waals surface area contributed by atoms with Gasteiger partial charge in [0.05, 0.1) is 18.9 Å². The first-order chi connectivity index (χ1) is 14.8. The minimum Gasteiger partial charge on any atom is -0.444 e. The van der Waals surface area contributed by atoms with Gasteiger partial charge in [-0.25, -0.2) is 4.79 Å². The fourth-order valence-electron chi connectivity index (χ4n) is 4.57. The normalized spacial score (nSPS) is 18.6. The molecule has 0 aliphatic carbocycles. The lowest BCUT2D eigenvalue weighted by molar-refractivity contribution is 0.0181. The van der Waals surface area contributed by atoms with Gasteiger partial charge < -0.3 is 23.8 Å². The van der Waals surface area contributed by atoms with Gasteiger partial charge in [-0.1, -0.05) is 5.16 Å². The van der Waals surface area contributed by atoms with Crippen LogP contribution in [-0.4, -0.2) is 61.1 Å². The van der Waals surface area contributed by atoms with E-state index >= 15 is 0 Å². The summed E-state index contributed by atoms with van der Waals surface area (Å²) in [5, 5.41) is 5.53. The van der Waals surface area contributed by atoms with E-state index in [0.717, 1.165) is 87.3 Å². The van der Waals surface area contributed by atoms with Crippen molar-refractivity contribution in [2.24, 2.45) is 5.92 Å². The Morgan fingerprint density at radius 2 is 1.87 bits per heavy atom. The summed E-state index contributed by atoms with van der Waals surface area (Å²) >= 11 is 0. The molecule has 0 unspecified atom stereocenters. The van der Waals surface area contributed by atoms with Crippen molar-refractivity contribution in [3.8, 4) is 0 Å². The Morgan fingerprint density at radius 1 is 1.16 bits per heavy atom. The summed E-state index contributed by atoms with van der Waals surface area (Å²) in [6.07, 6.45) is 3.79. The number of morpholine rings is 1. The van der Waals surface area contributed by atoms with E-state index in [-0.39, 0.29) is 6.09 Å². The Labute approximate surface area is 184 Å². The summed E-state index contributed by atoms with van der Waals surface area (Å²) < 4.78 is 16.7. The summed E-state index contributed by atoms with van der Waals surface area (Å²) in [6.45, 7) is 12.7. The van der Waals surface area contributed by atoms with Crippen molar-refractivity contribution < 1.29 is 18.8 Å². The van der Waals surface area contributed by atoms with E-state index in [1.165, 1.54) is 5.69 Å². The number of anilines is 1. The lowest BCUT2D eigenvalue weighted by Gasteiger charge is -2.33. The maximum Gasteiger partial charge on any atom is 0.410 e. The van der Waals surface area contributed by atoms with Crippen LogP contribution >= 0.6 is 0 Å². The summed E-state index contributed by atoms with van der Waals surface area (Å²) in [6, 6.07) is 4.35. The fraction of sp³-hybridized carbons (Fsp3) is 0.667. The Morgan fingerprint density at radius 3 is 2.55 bits per heavy atom. The highest BCUT2D eigenvalue weighted by Gasteiger charge is 2.27. The first-order valence-corrected chi connectivity index (χ1v) is 11.5. The molecule has 0 N–H and O–H groups in total. The molecule has 0 radical (unpaired) electrons. The summed E-state index contributed by atoms with van der Waals surface area (Å²) in [4.78, 5) is 16.5. The molecular formula is C24H35N3O4. The summed E-state index contributed by atoms with van der Waals surface area (Å²) in [5.74, 6) is 0.596. The summed E-state index contributed by atoms with van der Waals surface area (Å²) in [5.41, 5.74) is 3.87. The topological polar surface area (TPSA) is 68.0 Å². The second kappa shape index (κ2) is 9.07. The van der Waals surface area contributed by atoms with Gasteiger partial charge in [0.2, 0.25) is 0 Å². The van der Waals surface area contributed by atoms with Crippen molar-refractivity contribution in [2.75, 3.05) is 44.3 Å². The van der Waals surface area contributed by atoms with E-state index in [2.05, 4.69) is 29.1 Å². The standard InChI is InChI=1S/C24H35N3O4/c1-17-21(26-13-15-29-16-14-26)8-6-19-20(25-31-22(17)19)7-5-18-9-11-27(12-10-18)23(28)30-24(2,3)4/h6,8,18H,5,7,9-16H2,1-4H3. The average molecular weight is 430 g/mol. The number of benzene rings is 1. The molecule has 7 nitrogen and oxygen atoms in total. The molecule has 4 rings (SSSR count). The molecule has 1 amide bonds. The number of fused-ring (bicyclic) bond motifs is 1. The van der Waals surface area contributed by atoms with Crippen molar-refractivity contribution in [3.63, 3.8) is 0 Å². The van der Waals surface area contributed by atoms with E-state index in [4.69, 9.17) is 14.0 Å². The number of ether oxygens (including phenoxy) is 2. The number of nitrogens with zero attached hydrogens (tertiary/aromatic N) is 3.